The van der Waals surface area contributed by atoms with Gasteiger partial charge in [0.2, 0.25) is 0 Å². The summed E-state index contributed by atoms with van der Waals surface area (Å²) in [7, 11) is 0. The van der Waals surface area contributed by atoms with Gasteiger partial charge in [0.05, 0.1) is 6.10 Å². The summed E-state index contributed by atoms with van der Waals surface area (Å²) in [4.78, 5) is 35.7. The van der Waals surface area contributed by atoms with E-state index in [0.29, 0.717) is 33.4 Å². The molecular formula is C21H17ClO5. The smallest absolute Gasteiger partial charge is 0.336 e. The predicted octanol–water partition coefficient (Wildman–Crippen LogP) is 4.35. The molecule has 0 amide bonds. The van der Waals surface area contributed by atoms with Crippen LogP contribution in [0.25, 0.3) is 22.1 Å². The Labute approximate surface area is 160 Å². The normalized spacial score (nSPS) is 12.1. The molecule has 6 heteroatoms. The average molecular weight is 385 g/mol. The Morgan fingerprint density at radius 3 is 2.52 bits per heavy atom. The fraction of sp³-hybridized carbons (Fsp3) is 0.190. The second-order valence-corrected chi connectivity index (χ2v) is 6.72. The molecule has 0 fully saturated rings. The molecule has 0 spiro atoms. The van der Waals surface area contributed by atoms with Crippen LogP contribution in [0.3, 0.4) is 0 Å². The molecule has 0 aliphatic heterocycles. The summed E-state index contributed by atoms with van der Waals surface area (Å²) in [5.41, 5.74) is 1.41. The molecule has 0 unspecified atom stereocenters. The number of halogens is 1. The maximum atomic E-state index is 12.2. The molecule has 0 N–H and O–H groups in total. The zero-order valence-electron chi connectivity index (χ0n) is 14.8. The number of ether oxygens (including phenoxy) is 1. The van der Waals surface area contributed by atoms with E-state index in [1.165, 1.54) is 12.1 Å². The van der Waals surface area contributed by atoms with Crippen molar-refractivity contribution in [1.29, 1.82) is 0 Å². The molecule has 1 heterocycles. The third-order valence-electron chi connectivity index (χ3n) is 4.03. The molecule has 0 saturated carbocycles. The lowest BCUT2D eigenvalue weighted by molar-refractivity contribution is -0.150. The van der Waals surface area contributed by atoms with Crippen molar-refractivity contribution in [1.82, 2.24) is 0 Å². The minimum absolute atomic E-state index is 0.263. The summed E-state index contributed by atoms with van der Waals surface area (Å²) in [6, 6.07) is 13.4. The van der Waals surface area contributed by atoms with E-state index in [-0.39, 0.29) is 11.7 Å². The maximum Gasteiger partial charge on any atom is 0.336 e. The highest BCUT2D eigenvalue weighted by atomic mass is 35.5. The summed E-state index contributed by atoms with van der Waals surface area (Å²) in [6.45, 7) is 3.41. The van der Waals surface area contributed by atoms with Crippen molar-refractivity contribution < 1.29 is 18.7 Å². The number of carbonyl (C=O) groups is 2. The second-order valence-electron chi connectivity index (χ2n) is 6.31. The Morgan fingerprint density at radius 2 is 1.85 bits per heavy atom. The number of fused-ring (bicyclic) bond motifs is 1. The standard InChI is InChI=1S/C21H17ClO5/c1-12(2)26-21(25)17(11-23)13-7-8-15-16(10-20(24)27-19(15)9-13)14-5-3-4-6-18(14)22/h3-12,17H,1-2H3/t17-/m0/s1. The first-order valence-corrected chi connectivity index (χ1v) is 8.77. The molecule has 1 atom stereocenters. The van der Waals surface area contributed by atoms with Crippen molar-refractivity contribution in [3.05, 3.63) is 69.5 Å². The van der Waals surface area contributed by atoms with Crippen LogP contribution >= 0.6 is 11.6 Å². The molecule has 1 aromatic heterocycles. The van der Waals surface area contributed by atoms with Gasteiger partial charge in [-0.2, -0.15) is 0 Å². The van der Waals surface area contributed by atoms with Crippen molar-refractivity contribution in [2.75, 3.05) is 0 Å². The van der Waals surface area contributed by atoms with Crippen LogP contribution < -0.4 is 5.63 Å². The number of hydrogen-bond acceptors (Lipinski definition) is 5. The highest BCUT2D eigenvalue weighted by Crippen LogP contribution is 2.33. The van der Waals surface area contributed by atoms with Crippen LogP contribution in [0.15, 0.2) is 57.7 Å². The van der Waals surface area contributed by atoms with Gasteiger partial charge in [0, 0.05) is 27.6 Å². The van der Waals surface area contributed by atoms with E-state index in [2.05, 4.69) is 0 Å². The van der Waals surface area contributed by atoms with Gasteiger partial charge >= 0.3 is 11.6 Å². The van der Waals surface area contributed by atoms with Gasteiger partial charge < -0.3 is 13.9 Å². The van der Waals surface area contributed by atoms with Gasteiger partial charge in [-0.05, 0) is 31.5 Å². The molecular weight excluding hydrogens is 368 g/mol. The van der Waals surface area contributed by atoms with Gasteiger partial charge in [0.25, 0.3) is 0 Å². The molecule has 0 saturated heterocycles. The van der Waals surface area contributed by atoms with E-state index in [4.69, 9.17) is 20.8 Å². The number of aldehydes is 1. The molecule has 0 radical (unpaired) electrons. The van der Waals surface area contributed by atoms with Crippen LogP contribution in [-0.2, 0) is 14.3 Å². The number of hydrogen-bond donors (Lipinski definition) is 0. The van der Waals surface area contributed by atoms with Crippen molar-refractivity contribution in [3.63, 3.8) is 0 Å². The number of esters is 1. The first-order valence-electron chi connectivity index (χ1n) is 8.39. The van der Waals surface area contributed by atoms with Crippen LogP contribution in [0.2, 0.25) is 5.02 Å². The molecule has 27 heavy (non-hydrogen) atoms. The zero-order valence-corrected chi connectivity index (χ0v) is 15.5. The number of benzene rings is 2. The van der Waals surface area contributed by atoms with Gasteiger partial charge in [-0.1, -0.05) is 41.9 Å². The van der Waals surface area contributed by atoms with Crippen molar-refractivity contribution >= 4 is 34.8 Å². The van der Waals surface area contributed by atoms with E-state index in [9.17, 15) is 14.4 Å². The largest absolute Gasteiger partial charge is 0.462 e. The minimum atomic E-state index is -1.09. The van der Waals surface area contributed by atoms with Crippen LogP contribution in [0.5, 0.6) is 0 Å². The fourth-order valence-corrected chi connectivity index (χ4v) is 3.09. The quantitative estimate of drug-likeness (QED) is 0.283. The molecule has 0 aliphatic rings. The average Bonchev–Trinajstić information content (AvgIpc) is 2.61. The van der Waals surface area contributed by atoms with Crippen molar-refractivity contribution in [3.8, 4) is 11.1 Å². The lowest BCUT2D eigenvalue weighted by atomic mass is 9.96. The molecule has 2 aromatic carbocycles. The molecule has 5 nitrogen and oxygen atoms in total. The number of rotatable bonds is 5. The summed E-state index contributed by atoms with van der Waals surface area (Å²) in [6.07, 6.45) is 0.173. The SMILES string of the molecule is CC(C)OC(=O)[C@@H](C=O)c1ccc2c(-c3ccccc3Cl)cc(=O)oc2c1. The van der Waals surface area contributed by atoms with Gasteiger partial charge in [-0.3, -0.25) is 4.79 Å². The molecule has 138 valence electrons. The monoisotopic (exact) mass is 384 g/mol. The summed E-state index contributed by atoms with van der Waals surface area (Å²) >= 11 is 6.27. The lowest BCUT2D eigenvalue weighted by Crippen LogP contribution is -2.20. The Kier molecular flexibility index (Phi) is 5.42. The van der Waals surface area contributed by atoms with E-state index < -0.39 is 17.5 Å². The second kappa shape index (κ2) is 7.76. The molecule has 3 rings (SSSR count). The van der Waals surface area contributed by atoms with E-state index in [1.54, 1.807) is 44.2 Å². The molecule has 0 aliphatic carbocycles. The number of carbonyl (C=O) groups excluding carboxylic acids is 2. The van der Waals surface area contributed by atoms with Crippen LogP contribution in [0.4, 0.5) is 0 Å². The summed E-state index contributed by atoms with van der Waals surface area (Å²) in [5, 5.41) is 1.15. The first kappa shape index (κ1) is 18.9. The van der Waals surface area contributed by atoms with E-state index >= 15 is 0 Å². The molecule has 3 aromatic rings. The van der Waals surface area contributed by atoms with Crippen molar-refractivity contribution in [2.24, 2.45) is 0 Å². The summed E-state index contributed by atoms with van der Waals surface area (Å²) < 4.78 is 10.4. The topological polar surface area (TPSA) is 73.6 Å². The highest BCUT2D eigenvalue weighted by molar-refractivity contribution is 6.33. The van der Waals surface area contributed by atoms with Crippen LogP contribution in [0, 0.1) is 0 Å². The summed E-state index contributed by atoms with van der Waals surface area (Å²) in [5.74, 6) is -1.74. The van der Waals surface area contributed by atoms with E-state index in [0.717, 1.165) is 0 Å². The zero-order chi connectivity index (χ0) is 19.6. The Balaban J connectivity index is 2.14. The Bertz CT molecular complexity index is 1070. The molecule has 0 bridgehead atoms. The van der Waals surface area contributed by atoms with Gasteiger partial charge in [0.1, 0.15) is 17.8 Å². The van der Waals surface area contributed by atoms with E-state index in [1.807, 2.05) is 6.07 Å². The van der Waals surface area contributed by atoms with Crippen LogP contribution in [-0.4, -0.2) is 18.4 Å². The predicted molar refractivity (Wildman–Crippen MR) is 103 cm³/mol. The van der Waals surface area contributed by atoms with Gasteiger partial charge in [-0.25, -0.2) is 4.79 Å². The van der Waals surface area contributed by atoms with Crippen molar-refractivity contribution in [2.45, 2.75) is 25.9 Å². The van der Waals surface area contributed by atoms with Crippen LogP contribution in [0.1, 0.15) is 25.3 Å². The third-order valence-corrected chi connectivity index (χ3v) is 4.36. The fourth-order valence-electron chi connectivity index (χ4n) is 2.85. The minimum Gasteiger partial charge on any atom is -0.462 e. The lowest BCUT2D eigenvalue weighted by Gasteiger charge is -2.14. The van der Waals surface area contributed by atoms with Gasteiger partial charge in [0.15, 0.2) is 0 Å². The Hall–Kier alpha value is -2.92. The maximum absolute atomic E-state index is 12.2. The first-order chi connectivity index (χ1) is 12.9. The third kappa shape index (κ3) is 3.93. The Morgan fingerprint density at radius 1 is 1.11 bits per heavy atom. The highest BCUT2D eigenvalue weighted by Gasteiger charge is 2.23. The van der Waals surface area contributed by atoms with Gasteiger partial charge in [-0.15, -0.1) is 0 Å².